The van der Waals surface area contributed by atoms with Gasteiger partial charge in [-0.2, -0.15) is 5.26 Å². The van der Waals surface area contributed by atoms with Crippen molar-refractivity contribution < 1.29 is 9.53 Å². The van der Waals surface area contributed by atoms with Gasteiger partial charge in [0, 0.05) is 5.56 Å². The smallest absolute Gasteiger partial charge is 0.349 e. The van der Waals surface area contributed by atoms with Crippen LogP contribution in [0.1, 0.15) is 20.9 Å². The van der Waals surface area contributed by atoms with E-state index in [1.165, 1.54) is 18.4 Å². The van der Waals surface area contributed by atoms with Crippen molar-refractivity contribution in [2.45, 2.75) is 6.92 Å². The Labute approximate surface area is 108 Å². The fourth-order valence-corrected chi connectivity index (χ4v) is 2.48. The number of aryl methyl sites for hydroxylation is 1. The third-order valence-electron chi connectivity index (χ3n) is 2.43. The Kier molecular flexibility index (Phi) is 3.40. The fraction of sp³-hybridized carbons (Fsp3) is 0.154. The topological polar surface area (TPSA) is 63.0 Å². The number of nitriles is 1. The van der Waals surface area contributed by atoms with Crippen LogP contribution in [0.3, 0.4) is 0 Å². The molecule has 4 nitrogen and oxygen atoms in total. The van der Waals surface area contributed by atoms with Crippen LogP contribution in [0.25, 0.3) is 10.6 Å². The third-order valence-corrected chi connectivity index (χ3v) is 3.61. The van der Waals surface area contributed by atoms with Crippen molar-refractivity contribution in [1.29, 1.82) is 5.26 Å². The number of thiazole rings is 1. The molecule has 0 aliphatic rings. The predicted octanol–water partition coefficient (Wildman–Crippen LogP) is 2.78. The van der Waals surface area contributed by atoms with Gasteiger partial charge in [0.05, 0.1) is 24.4 Å². The number of rotatable bonds is 2. The molecule has 0 saturated carbocycles. The molecule has 90 valence electrons. The molecule has 0 amide bonds. The third kappa shape index (κ3) is 2.24. The van der Waals surface area contributed by atoms with E-state index in [0.29, 0.717) is 16.1 Å². The first kappa shape index (κ1) is 12.3. The van der Waals surface area contributed by atoms with Crippen molar-refractivity contribution in [2.24, 2.45) is 0 Å². The van der Waals surface area contributed by atoms with Crippen molar-refractivity contribution in [3.8, 4) is 16.6 Å². The van der Waals surface area contributed by atoms with Crippen LogP contribution in [0.15, 0.2) is 24.3 Å². The highest BCUT2D eigenvalue weighted by Gasteiger charge is 2.16. The lowest BCUT2D eigenvalue weighted by atomic mass is 10.1. The fourth-order valence-electron chi connectivity index (χ4n) is 1.49. The highest BCUT2D eigenvalue weighted by Crippen LogP contribution is 2.28. The Bertz CT molecular complexity index is 623. The number of carbonyl (C=O) groups is 1. The standard InChI is InChI=1S/C13H10N2O2S/c1-8-11(13(16)17-2)18-12(15-8)10-5-3-9(7-14)4-6-10/h3-6H,1-2H3. The summed E-state index contributed by atoms with van der Waals surface area (Å²) in [5.74, 6) is -0.370. The van der Waals surface area contributed by atoms with Gasteiger partial charge in [-0.25, -0.2) is 9.78 Å². The molecule has 2 rings (SSSR count). The number of carbonyl (C=O) groups excluding carboxylic acids is 1. The summed E-state index contributed by atoms with van der Waals surface area (Å²) in [7, 11) is 1.35. The summed E-state index contributed by atoms with van der Waals surface area (Å²) in [5, 5.41) is 9.48. The maximum Gasteiger partial charge on any atom is 0.349 e. The Morgan fingerprint density at radius 3 is 2.61 bits per heavy atom. The number of methoxy groups -OCH3 is 1. The van der Waals surface area contributed by atoms with Crippen LogP contribution < -0.4 is 0 Å². The molecule has 1 aromatic heterocycles. The molecule has 0 atom stereocenters. The number of benzene rings is 1. The van der Waals surface area contributed by atoms with Crippen LogP contribution in [-0.4, -0.2) is 18.1 Å². The van der Waals surface area contributed by atoms with Gasteiger partial charge in [0.2, 0.25) is 0 Å². The average Bonchev–Trinajstić information content (AvgIpc) is 2.80. The number of hydrogen-bond donors (Lipinski definition) is 0. The molecule has 1 aromatic carbocycles. The summed E-state index contributed by atoms with van der Waals surface area (Å²) in [6.45, 7) is 1.77. The Balaban J connectivity index is 2.39. The number of esters is 1. The van der Waals surface area contributed by atoms with Crippen LogP contribution in [0.2, 0.25) is 0 Å². The van der Waals surface area contributed by atoms with Gasteiger partial charge in [0.15, 0.2) is 0 Å². The summed E-state index contributed by atoms with van der Waals surface area (Å²) in [5.41, 5.74) is 2.14. The van der Waals surface area contributed by atoms with Crippen LogP contribution in [-0.2, 0) is 4.74 Å². The number of aromatic nitrogens is 1. The lowest BCUT2D eigenvalue weighted by Gasteiger charge is -1.95. The first-order chi connectivity index (χ1) is 8.65. The van der Waals surface area contributed by atoms with Crippen molar-refractivity contribution in [1.82, 2.24) is 4.98 Å². The molecule has 0 N–H and O–H groups in total. The van der Waals surface area contributed by atoms with E-state index in [4.69, 9.17) is 10.00 Å². The van der Waals surface area contributed by atoms with Crippen LogP contribution in [0.5, 0.6) is 0 Å². The van der Waals surface area contributed by atoms with Gasteiger partial charge in [-0.3, -0.25) is 0 Å². The molecular weight excluding hydrogens is 248 g/mol. The van der Waals surface area contributed by atoms with Gasteiger partial charge < -0.3 is 4.74 Å². The zero-order valence-corrected chi connectivity index (χ0v) is 10.7. The summed E-state index contributed by atoms with van der Waals surface area (Å²) in [6.07, 6.45) is 0. The molecule has 2 aromatic rings. The molecule has 0 spiro atoms. The molecule has 0 saturated heterocycles. The minimum absolute atomic E-state index is 0.370. The second-order valence-electron chi connectivity index (χ2n) is 3.61. The van der Waals surface area contributed by atoms with E-state index in [-0.39, 0.29) is 5.97 Å². The molecule has 1 heterocycles. The monoisotopic (exact) mass is 258 g/mol. The lowest BCUT2D eigenvalue weighted by molar-refractivity contribution is 0.0605. The molecular formula is C13H10N2O2S. The molecule has 0 unspecified atom stereocenters. The van der Waals surface area contributed by atoms with Crippen molar-refractivity contribution in [3.63, 3.8) is 0 Å². The van der Waals surface area contributed by atoms with E-state index in [9.17, 15) is 4.79 Å². The number of nitrogens with zero attached hydrogens (tertiary/aromatic N) is 2. The van der Waals surface area contributed by atoms with E-state index >= 15 is 0 Å². The van der Waals surface area contributed by atoms with Crippen LogP contribution >= 0.6 is 11.3 Å². The summed E-state index contributed by atoms with van der Waals surface area (Å²) in [4.78, 5) is 16.3. The van der Waals surface area contributed by atoms with E-state index < -0.39 is 0 Å². The predicted molar refractivity (Wildman–Crippen MR) is 68.3 cm³/mol. The molecule has 0 fully saturated rings. The maximum absolute atomic E-state index is 11.5. The van der Waals surface area contributed by atoms with Gasteiger partial charge in [-0.05, 0) is 19.1 Å². The van der Waals surface area contributed by atoms with Crippen molar-refractivity contribution >= 4 is 17.3 Å². The van der Waals surface area contributed by atoms with E-state index in [1.807, 2.05) is 12.1 Å². The van der Waals surface area contributed by atoms with E-state index in [2.05, 4.69) is 11.1 Å². The first-order valence-corrected chi connectivity index (χ1v) is 6.03. The quantitative estimate of drug-likeness (QED) is 0.777. The summed E-state index contributed by atoms with van der Waals surface area (Å²) in [6, 6.07) is 9.15. The minimum atomic E-state index is -0.370. The Morgan fingerprint density at radius 2 is 2.06 bits per heavy atom. The highest BCUT2D eigenvalue weighted by molar-refractivity contribution is 7.17. The average molecular weight is 258 g/mol. The minimum Gasteiger partial charge on any atom is -0.465 e. The lowest BCUT2D eigenvalue weighted by Crippen LogP contribution is -1.99. The largest absolute Gasteiger partial charge is 0.465 e. The van der Waals surface area contributed by atoms with Gasteiger partial charge in [-0.15, -0.1) is 11.3 Å². The SMILES string of the molecule is COC(=O)c1sc(-c2ccc(C#N)cc2)nc1C. The maximum atomic E-state index is 11.5. The normalized spacial score (nSPS) is 9.83. The second kappa shape index (κ2) is 4.98. The molecule has 5 heteroatoms. The zero-order chi connectivity index (χ0) is 13.1. The van der Waals surface area contributed by atoms with Crippen molar-refractivity contribution in [3.05, 3.63) is 40.4 Å². The summed E-state index contributed by atoms with van der Waals surface area (Å²) >= 11 is 1.29. The van der Waals surface area contributed by atoms with Gasteiger partial charge >= 0.3 is 5.97 Å². The molecule has 18 heavy (non-hydrogen) atoms. The van der Waals surface area contributed by atoms with Gasteiger partial charge in [0.25, 0.3) is 0 Å². The Hall–Kier alpha value is -2.19. The van der Waals surface area contributed by atoms with Crippen molar-refractivity contribution in [2.75, 3.05) is 7.11 Å². The summed E-state index contributed by atoms with van der Waals surface area (Å²) < 4.78 is 4.69. The zero-order valence-electron chi connectivity index (χ0n) is 9.93. The number of ether oxygens (including phenoxy) is 1. The van der Waals surface area contributed by atoms with Crippen LogP contribution in [0, 0.1) is 18.3 Å². The highest BCUT2D eigenvalue weighted by atomic mass is 32.1. The molecule has 0 radical (unpaired) electrons. The van der Waals surface area contributed by atoms with Gasteiger partial charge in [0.1, 0.15) is 9.88 Å². The van der Waals surface area contributed by atoms with E-state index in [0.717, 1.165) is 10.6 Å². The first-order valence-electron chi connectivity index (χ1n) is 5.22. The second-order valence-corrected chi connectivity index (χ2v) is 4.61. The molecule has 0 bridgehead atoms. The Morgan fingerprint density at radius 1 is 1.39 bits per heavy atom. The molecule has 0 aliphatic carbocycles. The van der Waals surface area contributed by atoms with Gasteiger partial charge in [-0.1, -0.05) is 12.1 Å². The van der Waals surface area contributed by atoms with E-state index in [1.54, 1.807) is 19.1 Å². The number of hydrogen-bond acceptors (Lipinski definition) is 5. The molecule has 0 aliphatic heterocycles. The van der Waals surface area contributed by atoms with Crippen LogP contribution in [0.4, 0.5) is 0 Å².